The molecule has 0 aliphatic rings. The fraction of sp³-hybridized carbons (Fsp3) is 0.600. The van der Waals surface area contributed by atoms with Crippen molar-refractivity contribution in [1.29, 1.82) is 0 Å². The molecule has 0 aliphatic carbocycles. The van der Waals surface area contributed by atoms with Crippen LogP contribution in [0.25, 0.3) is 16.7 Å². The number of aromatic nitrogens is 3. The van der Waals surface area contributed by atoms with Crippen LogP contribution >= 0.6 is 0 Å². The van der Waals surface area contributed by atoms with E-state index in [0.717, 1.165) is 41.4 Å². The molecule has 0 unspecified atom stereocenters. The summed E-state index contributed by atoms with van der Waals surface area (Å²) in [5.74, 6) is -0.692. The number of likely N-dealkylation sites (N-methyl/N-ethyl adjacent to an activating group) is 1. The van der Waals surface area contributed by atoms with Crippen molar-refractivity contribution in [3.63, 3.8) is 0 Å². The van der Waals surface area contributed by atoms with E-state index in [4.69, 9.17) is 0 Å². The number of carboxylic acids is 1. The van der Waals surface area contributed by atoms with E-state index in [1.807, 2.05) is 64.3 Å². The molecule has 0 spiro atoms. The molecule has 0 fully saturated rings. The molecule has 3 aromatic rings. The lowest BCUT2D eigenvalue weighted by molar-refractivity contribution is -0.884. The number of nitrogens with zero attached hydrogens (tertiary/aromatic N) is 4. The van der Waals surface area contributed by atoms with Gasteiger partial charge in [0.15, 0.2) is 0 Å². The Morgan fingerprint density at radius 1 is 0.864 bits per heavy atom. The van der Waals surface area contributed by atoms with E-state index in [0.29, 0.717) is 29.7 Å². The standard InChI is InChI=1S/C21H42N2O3.C14H13N3O/c1-4-5-6-7-8-9-10-11-12-13-14-16-20(24)22-17-15-18-23(2,3)19-21(25)26;1-9-7-10(2)14(18)13(8-9)17-15-11-5-3-4-6-12(11)16-17/h4-19H2,1-3H3,(H-,22,24,25,26);3-8,18H,1-2H3. The number of nitrogens with one attached hydrogen (secondary N) is 1. The minimum atomic E-state index is -1.03. The highest BCUT2D eigenvalue weighted by atomic mass is 16.4. The number of rotatable bonds is 19. The third-order valence-corrected chi connectivity index (χ3v) is 7.75. The molecule has 2 aromatic carbocycles. The number of aromatic hydroxyl groups is 1. The zero-order valence-corrected chi connectivity index (χ0v) is 27.7. The number of quaternary nitrogens is 1. The van der Waals surface area contributed by atoms with Gasteiger partial charge in [0.05, 0.1) is 26.6 Å². The van der Waals surface area contributed by atoms with Gasteiger partial charge in [-0.2, -0.15) is 0 Å². The van der Waals surface area contributed by atoms with Crippen molar-refractivity contribution in [1.82, 2.24) is 20.3 Å². The fourth-order valence-corrected chi connectivity index (χ4v) is 5.26. The van der Waals surface area contributed by atoms with Crippen molar-refractivity contribution in [3.05, 3.63) is 47.5 Å². The number of phenols is 1. The molecule has 44 heavy (non-hydrogen) atoms. The van der Waals surface area contributed by atoms with E-state index < -0.39 is 5.97 Å². The second-order valence-corrected chi connectivity index (χ2v) is 12.6. The van der Waals surface area contributed by atoms with E-state index >= 15 is 0 Å². The van der Waals surface area contributed by atoms with Gasteiger partial charge >= 0.3 is 0 Å². The van der Waals surface area contributed by atoms with Crippen LogP contribution < -0.4 is 10.4 Å². The first-order chi connectivity index (χ1) is 21.0. The number of carboxylic acid groups (broad SMARTS) is 1. The van der Waals surface area contributed by atoms with E-state index in [1.165, 1.54) is 62.6 Å². The number of unbranched alkanes of at least 4 members (excludes halogenated alkanes) is 10. The van der Waals surface area contributed by atoms with Crippen molar-refractivity contribution in [3.8, 4) is 11.4 Å². The minimum Gasteiger partial charge on any atom is -0.544 e. The smallest absolute Gasteiger partial charge is 0.219 e. The monoisotopic (exact) mass is 609 g/mol. The van der Waals surface area contributed by atoms with E-state index in [9.17, 15) is 19.8 Å². The van der Waals surface area contributed by atoms with Gasteiger partial charge in [-0.3, -0.25) is 4.79 Å². The molecule has 1 aromatic heterocycles. The number of hydrogen-bond donors (Lipinski definition) is 2. The van der Waals surface area contributed by atoms with Crippen LogP contribution in [0.5, 0.6) is 5.75 Å². The quantitative estimate of drug-likeness (QED) is 0.132. The highest BCUT2D eigenvalue weighted by molar-refractivity contribution is 5.75. The minimum absolute atomic E-state index is 0.00663. The molecule has 0 bridgehead atoms. The van der Waals surface area contributed by atoms with Crippen LogP contribution in [0.2, 0.25) is 0 Å². The van der Waals surface area contributed by atoms with Crippen molar-refractivity contribution in [2.45, 2.75) is 104 Å². The molecule has 9 nitrogen and oxygen atoms in total. The summed E-state index contributed by atoms with van der Waals surface area (Å²) in [5.41, 5.74) is 4.14. The Kier molecular flexibility index (Phi) is 16.5. The first-order valence-corrected chi connectivity index (χ1v) is 16.4. The zero-order valence-electron chi connectivity index (χ0n) is 27.7. The van der Waals surface area contributed by atoms with Crippen molar-refractivity contribution in [2.75, 3.05) is 33.7 Å². The molecular formula is C35H55N5O4. The van der Waals surface area contributed by atoms with Crippen molar-refractivity contribution >= 4 is 22.9 Å². The summed E-state index contributed by atoms with van der Waals surface area (Å²) in [6.45, 7) is 7.44. The third-order valence-electron chi connectivity index (χ3n) is 7.75. The second kappa shape index (κ2) is 19.7. The van der Waals surface area contributed by atoms with Gasteiger partial charge in [0.2, 0.25) is 5.91 Å². The van der Waals surface area contributed by atoms with Crippen LogP contribution in [-0.4, -0.2) is 70.2 Å². The summed E-state index contributed by atoms with van der Waals surface area (Å²) in [6, 6.07) is 11.5. The van der Waals surface area contributed by atoms with Crippen molar-refractivity contribution < 1.29 is 24.3 Å². The predicted molar refractivity (Wildman–Crippen MR) is 176 cm³/mol. The molecule has 3 rings (SSSR count). The number of aliphatic carboxylic acids is 1. The third kappa shape index (κ3) is 14.3. The first-order valence-electron chi connectivity index (χ1n) is 16.4. The fourth-order valence-electron chi connectivity index (χ4n) is 5.26. The van der Waals surface area contributed by atoms with Crippen LogP contribution in [0.4, 0.5) is 0 Å². The number of hydrogen-bond acceptors (Lipinski definition) is 6. The lowest BCUT2D eigenvalue weighted by Crippen LogP contribution is -2.49. The summed E-state index contributed by atoms with van der Waals surface area (Å²) < 4.78 is 0.386. The number of phenolic OH excluding ortho intramolecular Hbond substituents is 1. The summed E-state index contributed by atoms with van der Waals surface area (Å²) in [7, 11) is 3.73. The molecule has 244 valence electrons. The Hall–Kier alpha value is -3.46. The summed E-state index contributed by atoms with van der Waals surface area (Å²) in [4.78, 5) is 23.9. The Bertz CT molecular complexity index is 1250. The maximum absolute atomic E-state index is 11.8. The Labute approximate surface area is 264 Å². The summed E-state index contributed by atoms with van der Waals surface area (Å²) in [6.07, 6.45) is 15.5. The average Bonchev–Trinajstić information content (AvgIpc) is 3.40. The topological polar surface area (TPSA) is 120 Å². The number of fused-ring (bicyclic) bond motifs is 1. The van der Waals surface area contributed by atoms with Crippen LogP contribution in [0.3, 0.4) is 0 Å². The van der Waals surface area contributed by atoms with E-state index in [2.05, 4.69) is 22.4 Å². The number of carbonyl (C=O) groups is 2. The second-order valence-electron chi connectivity index (χ2n) is 12.6. The van der Waals surface area contributed by atoms with Gasteiger partial charge in [0, 0.05) is 19.4 Å². The molecule has 9 heteroatoms. The molecule has 0 aliphatic heterocycles. The summed E-state index contributed by atoms with van der Waals surface area (Å²) >= 11 is 0. The molecule has 2 N–H and O–H groups in total. The normalized spacial score (nSPS) is 11.3. The van der Waals surface area contributed by atoms with E-state index in [1.54, 1.807) is 0 Å². The van der Waals surface area contributed by atoms with E-state index in [-0.39, 0.29) is 18.2 Å². The SMILES string of the molecule is CCCCCCCCCCCCCC(=O)NCCC[N+](C)(C)CC(=O)[O-].Cc1cc(C)c(O)c(-n2nc3ccccc3n2)c1. The lowest BCUT2D eigenvalue weighted by Gasteiger charge is -2.30. The first kappa shape index (κ1) is 36.7. The molecule has 0 saturated heterocycles. The molecule has 0 radical (unpaired) electrons. The van der Waals surface area contributed by atoms with Gasteiger partial charge in [-0.05, 0) is 49.6 Å². The number of benzene rings is 2. The van der Waals surface area contributed by atoms with Crippen molar-refractivity contribution in [2.24, 2.45) is 0 Å². The lowest BCUT2D eigenvalue weighted by atomic mass is 10.1. The largest absolute Gasteiger partial charge is 0.544 e. The molecule has 1 heterocycles. The van der Waals surface area contributed by atoms with Gasteiger partial charge < -0.3 is 24.8 Å². The van der Waals surface area contributed by atoms with Crippen LogP contribution in [0.15, 0.2) is 36.4 Å². The maximum atomic E-state index is 11.8. The number of amides is 1. The van der Waals surface area contributed by atoms with Gasteiger partial charge in [-0.1, -0.05) is 89.3 Å². The molecule has 0 atom stereocenters. The average molecular weight is 610 g/mol. The highest BCUT2D eigenvalue weighted by Gasteiger charge is 2.15. The molecule has 1 amide bonds. The van der Waals surface area contributed by atoms with Gasteiger partial charge in [-0.15, -0.1) is 15.0 Å². The van der Waals surface area contributed by atoms with Gasteiger partial charge in [0.25, 0.3) is 0 Å². The van der Waals surface area contributed by atoms with Crippen LogP contribution in [0, 0.1) is 13.8 Å². The Morgan fingerprint density at radius 3 is 1.95 bits per heavy atom. The van der Waals surface area contributed by atoms with Gasteiger partial charge in [0.1, 0.15) is 29.0 Å². The van der Waals surface area contributed by atoms with Crippen LogP contribution in [-0.2, 0) is 9.59 Å². The molecule has 0 saturated carbocycles. The van der Waals surface area contributed by atoms with Gasteiger partial charge in [-0.25, -0.2) is 0 Å². The predicted octanol–water partition coefficient (Wildman–Crippen LogP) is 5.76. The number of aryl methyl sites for hydroxylation is 2. The maximum Gasteiger partial charge on any atom is 0.219 e. The Balaban J connectivity index is 0.000000324. The Morgan fingerprint density at radius 2 is 1.41 bits per heavy atom. The summed E-state index contributed by atoms with van der Waals surface area (Å²) in [5, 5.41) is 32.4. The molecular weight excluding hydrogens is 554 g/mol. The number of carbonyl (C=O) groups excluding carboxylic acids is 2. The van der Waals surface area contributed by atoms with Crippen LogP contribution in [0.1, 0.15) is 102 Å². The zero-order chi connectivity index (χ0) is 32.4. The highest BCUT2D eigenvalue weighted by Crippen LogP contribution is 2.27.